The molecule has 1 heterocycles. The summed E-state index contributed by atoms with van der Waals surface area (Å²) in [5, 5.41) is 23.3. The molecule has 2 rings (SSSR count). The molecule has 0 aliphatic carbocycles. The van der Waals surface area contributed by atoms with Crippen molar-refractivity contribution < 1.29 is 19.2 Å². The smallest absolute Gasteiger partial charge is 0.338 e. The van der Waals surface area contributed by atoms with Crippen LogP contribution in [-0.4, -0.2) is 42.0 Å². The highest BCUT2D eigenvalue weighted by atomic mass is 16.6. The molecule has 1 N–H and O–H groups in total. The Balaban J connectivity index is 2.07. The van der Waals surface area contributed by atoms with E-state index in [-0.39, 0.29) is 17.2 Å². The molecule has 156 valence electrons. The first kappa shape index (κ1) is 22.1. The van der Waals surface area contributed by atoms with E-state index in [1.807, 2.05) is 11.0 Å². The summed E-state index contributed by atoms with van der Waals surface area (Å²) in [6.45, 7) is 6.05. The lowest BCUT2D eigenvalue weighted by atomic mass is 9.90. The molecule has 0 radical (unpaired) electrons. The number of nitriles is 1. The molecule has 0 aromatic heterocycles. The van der Waals surface area contributed by atoms with Gasteiger partial charge in [0.1, 0.15) is 11.2 Å². The normalized spacial score (nSPS) is 15.9. The average molecular weight is 402 g/mol. The van der Waals surface area contributed by atoms with Gasteiger partial charge in [-0.3, -0.25) is 14.9 Å². The Bertz CT molecular complexity index is 827. The van der Waals surface area contributed by atoms with Crippen LogP contribution in [0.3, 0.4) is 0 Å². The van der Waals surface area contributed by atoms with Crippen molar-refractivity contribution in [2.75, 3.05) is 24.6 Å². The Morgan fingerprint density at radius 1 is 1.34 bits per heavy atom. The number of hydrogen-bond donors (Lipinski definition) is 1. The van der Waals surface area contributed by atoms with Crippen LogP contribution in [-0.2, 0) is 9.53 Å². The minimum atomic E-state index is -1.08. The second kappa shape index (κ2) is 9.37. The van der Waals surface area contributed by atoms with Crippen LogP contribution in [0.15, 0.2) is 18.2 Å². The van der Waals surface area contributed by atoms with E-state index in [1.54, 1.807) is 26.8 Å². The highest BCUT2D eigenvalue weighted by Crippen LogP contribution is 2.31. The summed E-state index contributed by atoms with van der Waals surface area (Å²) in [7, 11) is 0. The zero-order valence-electron chi connectivity index (χ0n) is 16.9. The molecule has 0 bridgehead atoms. The van der Waals surface area contributed by atoms with Gasteiger partial charge in [0.25, 0.3) is 11.6 Å². The summed E-state index contributed by atoms with van der Waals surface area (Å²) < 4.78 is 4.98. The number of anilines is 1. The molecular weight excluding hydrogens is 376 g/mol. The van der Waals surface area contributed by atoms with Crippen molar-refractivity contribution in [1.29, 1.82) is 5.26 Å². The average Bonchev–Trinajstić information content (AvgIpc) is 2.71. The van der Waals surface area contributed by atoms with E-state index >= 15 is 0 Å². The fourth-order valence-electron chi connectivity index (χ4n) is 3.04. The van der Waals surface area contributed by atoms with E-state index < -0.39 is 28.9 Å². The lowest BCUT2D eigenvalue weighted by molar-refractivity contribution is -0.384. The van der Waals surface area contributed by atoms with Gasteiger partial charge in [0.15, 0.2) is 6.61 Å². The summed E-state index contributed by atoms with van der Waals surface area (Å²) in [5.41, 5.74) is -0.774. The van der Waals surface area contributed by atoms with E-state index in [4.69, 9.17) is 4.74 Å². The summed E-state index contributed by atoms with van der Waals surface area (Å²) in [6, 6.07) is 6.22. The number of benzene rings is 1. The van der Waals surface area contributed by atoms with Gasteiger partial charge in [0.05, 0.1) is 16.6 Å². The molecule has 0 spiro atoms. The summed E-state index contributed by atoms with van der Waals surface area (Å²) in [4.78, 5) is 37.2. The molecule has 0 saturated carbocycles. The van der Waals surface area contributed by atoms with Gasteiger partial charge in [0.2, 0.25) is 0 Å². The third-order valence-corrected chi connectivity index (χ3v) is 5.22. The van der Waals surface area contributed by atoms with E-state index in [2.05, 4.69) is 5.32 Å². The fourth-order valence-corrected chi connectivity index (χ4v) is 3.04. The minimum absolute atomic E-state index is 0.00263. The minimum Gasteiger partial charge on any atom is -0.452 e. The maximum atomic E-state index is 12.3. The van der Waals surface area contributed by atoms with Crippen molar-refractivity contribution in [3.05, 3.63) is 33.9 Å². The number of nitro groups is 1. The largest absolute Gasteiger partial charge is 0.452 e. The third kappa shape index (κ3) is 5.44. The van der Waals surface area contributed by atoms with E-state index in [0.717, 1.165) is 32.4 Å². The molecule has 1 aromatic rings. The molecule has 1 aliphatic heterocycles. The summed E-state index contributed by atoms with van der Waals surface area (Å²) >= 11 is 0. The van der Waals surface area contributed by atoms with E-state index in [0.29, 0.717) is 5.69 Å². The maximum Gasteiger partial charge on any atom is 0.338 e. The molecule has 1 amide bonds. The first-order valence-corrected chi connectivity index (χ1v) is 9.60. The zero-order valence-corrected chi connectivity index (χ0v) is 16.9. The van der Waals surface area contributed by atoms with Gasteiger partial charge < -0.3 is 15.0 Å². The predicted molar refractivity (Wildman–Crippen MR) is 106 cm³/mol. The quantitative estimate of drug-likeness (QED) is 0.422. The fraction of sp³-hybridized carbons (Fsp3) is 0.550. The number of hydrogen-bond acceptors (Lipinski definition) is 7. The number of nitrogens with one attached hydrogen (secondary N) is 1. The number of ether oxygens (including phenoxy) is 1. The SMILES string of the molecule is CC(C)[C@](C)(C#N)NC(=O)COC(=O)c1ccc(N2CCCCC2)c([N+](=O)[O-])c1. The second-order valence-corrected chi connectivity index (χ2v) is 7.60. The predicted octanol–water partition coefficient (Wildman–Crippen LogP) is 2.80. The van der Waals surface area contributed by atoms with Gasteiger partial charge in [-0.2, -0.15) is 5.26 Å². The number of carbonyl (C=O) groups is 2. The van der Waals surface area contributed by atoms with Gasteiger partial charge >= 0.3 is 5.97 Å². The van der Waals surface area contributed by atoms with Gasteiger partial charge in [-0.05, 0) is 44.2 Å². The Morgan fingerprint density at radius 3 is 2.55 bits per heavy atom. The molecule has 29 heavy (non-hydrogen) atoms. The van der Waals surface area contributed by atoms with Crippen molar-refractivity contribution in [1.82, 2.24) is 5.32 Å². The molecule has 1 aliphatic rings. The van der Waals surface area contributed by atoms with Crippen LogP contribution in [0.4, 0.5) is 11.4 Å². The van der Waals surface area contributed by atoms with Crippen LogP contribution in [0, 0.1) is 27.4 Å². The molecule has 1 saturated heterocycles. The molecular formula is C20H26N4O5. The molecule has 1 aromatic carbocycles. The first-order chi connectivity index (χ1) is 13.7. The third-order valence-electron chi connectivity index (χ3n) is 5.22. The van der Waals surface area contributed by atoms with Crippen LogP contribution in [0.5, 0.6) is 0 Å². The van der Waals surface area contributed by atoms with Gasteiger partial charge in [-0.1, -0.05) is 13.8 Å². The lowest BCUT2D eigenvalue weighted by Crippen LogP contribution is -2.50. The molecule has 9 nitrogen and oxygen atoms in total. The summed E-state index contributed by atoms with van der Waals surface area (Å²) in [5.74, 6) is -1.59. The highest BCUT2D eigenvalue weighted by molar-refractivity contribution is 5.93. The van der Waals surface area contributed by atoms with Crippen LogP contribution < -0.4 is 10.2 Å². The maximum absolute atomic E-state index is 12.3. The molecule has 1 atom stereocenters. The van der Waals surface area contributed by atoms with Crippen molar-refractivity contribution >= 4 is 23.3 Å². The topological polar surface area (TPSA) is 126 Å². The summed E-state index contributed by atoms with van der Waals surface area (Å²) in [6.07, 6.45) is 3.03. The van der Waals surface area contributed by atoms with Crippen LogP contribution in [0.2, 0.25) is 0 Å². The monoisotopic (exact) mass is 402 g/mol. The number of esters is 1. The zero-order chi connectivity index (χ0) is 21.6. The number of nitrogens with zero attached hydrogens (tertiary/aromatic N) is 3. The standard InChI is InChI=1S/C20H26N4O5/c1-14(2)20(3,13-21)22-18(25)12-29-19(26)15-7-8-16(17(11-15)24(27)28)23-9-5-4-6-10-23/h7-8,11,14H,4-6,9-10,12H2,1-3H3,(H,22,25)/t20-/m0/s1. The first-order valence-electron chi connectivity index (χ1n) is 9.60. The van der Waals surface area contributed by atoms with Crippen molar-refractivity contribution in [2.45, 2.75) is 45.6 Å². The molecule has 0 unspecified atom stereocenters. The van der Waals surface area contributed by atoms with Crippen molar-refractivity contribution in [2.24, 2.45) is 5.92 Å². The van der Waals surface area contributed by atoms with Gasteiger partial charge in [-0.25, -0.2) is 4.79 Å². The number of nitro benzene ring substituents is 1. The van der Waals surface area contributed by atoms with Crippen molar-refractivity contribution in [3.8, 4) is 6.07 Å². The number of rotatable bonds is 7. The molecule has 1 fully saturated rings. The van der Waals surface area contributed by atoms with Crippen molar-refractivity contribution in [3.63, 3.8) is 0 Å². The van der Waals surface area contributed by atoms with Gasteiger partial charge in [-0.15, -0.1) is 0 Å². The Morgan fingerprint density at radius 2 is 2.00 bits per heavy atom. The number of piperidine rings is 1. The van der Waals surface area contributed by atoms with E-state index in [1.165, 1.54) is 12.1 Å². The number of carbonyl (C=O) groups excluding carboxylic acids is 2. The Kier molecular flexibility index (Phi) is 7.15. The van der Waals surface area contributed by atoms with Crippen LogP contribution >= 0.6 is 0 Å². The Labute approximate surface area is 169 Å². The second-order valence-electron chi connectivity index (χ2n) is 7.60. The van der Waals surface area contributed by atoms with Crippen LogP contribution in [0.25, 0.3) is 0 Å². The number of amides is 1. The lowest BCUT2D eigenvalue weighted by Gasteiger charge is -2.28. The Hall–Kier alpha value is -3.15. The van der Waals surface area contributed by atoms with Gasteiger partial charge in [0, 0.05) is 19.2 Å². The molecule has 9 heteroatoms. The van der Waals surface area contributed by atoms with Crippen LogP contribution in [0.1, 0.15) is 50.4 Å². The van der Waals surface area contributed by atoms with E-state index in [9.17, 15) is 25.0 Å². The highest BCUT2D eigenvalue weighted by Gasteiger charge is 2.30.